The number of fused-ring (bicyclic) bond motifs is 1. The fourth-order valence-corrected chi connectivity index (χ4v) is 4.72. The standard InChI is InChI=1S/C24H27ClF3N5O/c1-33(2)19(8-15-3-4-21-17(7-15)12-31-32-21)14-30-22(34)10-20(16-9-18(25)13-29-11-16)23(5-6-23)24(26,27)28/h3-4,7,9,11-13,19-20H,5-6,8,10,14H2,1-2H3,(H,30,34)(H,31,32)/t19-,20+/m0/s1. The second-order valence-electron chi connectivity index (χ2n) is 9.26. The van der Waals surface area contributed by atoms with E-state index in [4.69, 9.17) is 11.6 Å². The maximum absolute atomic E-state index is 13.9. The predicted molar refractivity (Wildman–Crippen MR) is 125 cm³/mol. The number of H-pyrrole nitrogens is 1. The Labute approximate surface area is 200 Å². The topological polar surface area (TPSA) is 73.9 Å². The first-order valence-electron chi connectivity index (χ1n) is 11.1. The van der Waals surface area contributed by atoms with Gasteiger partial charge in [-0.3, -0.25) is 14.9 Å². The summed E-state index contributed by atoms with van der Waals surface area (Å²) < 4.78 is 41.8. The molecular formula is C24H27ClF3N5O. The molecule has 10 heteroatoms. The Kier molecular flexibility index (Phi) is 6.87. The molecule has 1 fully saturated rings. The first-order chi connectivity index (χ1) is 16.1. The number of likely N-dealkylation sites (N-methyl/N-ethyl adjacent to an activating group) is 1. The monoisotopic (exact) mass is 493 g/mol. The molecule has 3 aromatic rings. The molecule has 1 amide bonds. The highest BCUT2D eigenvalue weighted by molar-refractivity contribution is 6.30. The van der Waals surface area contributed by atoms with Crippen LogP contribution in [0.4, 0.5) is 13.2 Å². The summed E-state index contributed by atoms with van der Waals surface area (Å²) >= 11 is 6.00. The third-order valence-electron chi connectivity index (χ3n) is 6.78. The second-order valence-corrected chi connectivity index (χ2v) is 9.70. The van der Waals surface area contributed by atoms with Crippen LogP contribution >= 0.6 is 11.6 Å². The van der Waals surface area contributed by atoms with Crippen LogP contribution in [0.5, 0.6) is 0 Å². The van der Waals surface area contributed by atoms with Gasteiger partial charge in [0.2, 0.25) is 5.91 Å². The highest BCUT2D eigenvalue weighted by atomic mass is 35.5. The first-order valence-corrected chi connectivity index (χ1v) is 11.5. The van der Waals surface area contributed by atoms with E-state index in [9.17, 15) is 18.0 Å². The van der Waals surface area contributed by atoms with Gasteiger partial charge in [0.15, 0.2) is 0 Å². The first kappa shape index (κ1) is 24.5. The summed E-state index contributed by atoms with van der Waals surface area (Å²) in [6.45, 7) is 0.314. The summed E-state index contributed by atoms with van der Waals surface area (Å²) in [6, 6.07) is 7.45. The van der Waals surface area contributed by atoms with Crippen LogP contribution < -0.4 is 5.32 Å². The Bertz CT molecular complexity index is 1160. The minimum absolute atomic E-state index is 0.00221. The van der Waals surface area contributed by atoms with Crippen LogP contribution in [0, 0.1) is 5.41 Å². The van der Waals surface area contributed by atoms with Crippen LogP contribution in [0.3, 0.4) is 0 Å². The summed E-state index contributed by atoms with van der Waals surface area (Å²) in [4.78, 5) is 18.8. The highest BCUT2D eigenvalue weighted by Crippen LogP contribution is 2.66. The van der Waals surface area contributed by atoms with E-state index in [0.717, 1.165) is 16.5 Å². The Morgan fingerprint density at radius 1 is 1.24 bits per heavy atom. The lowest BCUT2D eigenvalue weighted by Gasteiger charge is -2.30. The average molecular weight is 494 g/mol. The van der Waals surface area contributed by atoms with Crippen LogP contribution in [0.25, 0.3) is 10.9 Å². The van der Waals surface area contributed by atoms with Crippen molar-refractivity contribution >= 4 is 28.4 Å². The number of hydrogen-bond donors (Lipinski definition) is 2. The zero-order chi connectivity index (χ0) is 24.5. The van der Waals surface area contributed by atoms with Crippen molar-refractivity contribution in [3.05, 3.63) is 59.0 Å². The molecule has 34 heavy (non-hydrogen) atoms. The number of nitrogens with one attached hydrogen (secondary N) is 2. The molecule has 6 nitrogen and oxygen atoms in total. The quantitative estimate of drug-likeness (QED) is 0.452. The maximum atomic E-state index is 13.9. The smallest absolute Gasteiger partial charge is 0.355 e. The molecule has 0 radical (unpaired) electrons. The molecule has 0 aliphatic heterocycles. The van der Waals surface area contributed by atoms with E-state index in [0.29, 0.717) is 18.5 Å². The summed E-state index contributed by atoms with van der Waals surface area (Å²) in [5.41, 5.74) is 0.463. The lowest BCUT2D eigenvalue weighted by molar-refractivity contribution is -0.194. The Morgan fingerprint density at radius 3 is 2.65 bits per heavy atom. The Morgan fingerprint density at radius 2 is 2.00 bits per heavy atom. The van der Waals surface area contributed by atoms with Crippen molar-refractivity contribution in [2.75, 3.05) is 20.6 Å². The average Bonchev–Trinajstić information content (AvgIpc) is 3.46. The van der Waals surface area contributed by atoms with E-state index in [1.54, 1.807) is 6.20 Å². The van der Waals surface area contributed by atoms with Crippen LogP contribution in [0.2, 0.25) is 5.02 Å². The van der Waals surface area contributed by atoms with Gasteiger partial charge in [-0.05, 0) is 62.7 Å². The summed E-state index contributed by atoms with van der Waals surface area (Å²) in [6.07, 6.45) is 0.492. The number of alkyl halides is 3. The van der Waals surface area contributed by atoms with Crippen LogP contribution in [0.1, 0.15) is 36.3 Å². The number of rotatable bonds is 9. The van der Waals surface area contributed by atoms with E-state index in [-0.39, 0.29) is 30.3 Å². The zero-order valence-electron chi connectivity index (χ0n) is 19.0. The van der Waals surface area contributed by atoms with Gasteiger partial charge in [-0.1, -0.05) is 17.7 Å². The summed E-state index contributed by atoms with van der Waals surface area (Å²) in [7, 11) is 3.83. The second kappa shape index (κ2) is 9.54. The van der Waals surface area contributed by atoms with Gasteiger partial charge in [-0.25, -0.2) is 0 Å². The summed E-state index contributed by atoms with van der Waals surface area (Å²) in [5.74, 6) is -1.45. The van der Waals surface area contributed by atoms with Gasteiger partial charge in [0.25, 0.3) is 0 Å². The van der Waals surface area contributed by atoms with Crippen molar-refractivity contribution in [3.8, 4) is 0 Å². The van der Waals surface area contributed by atoms with Gasteiger partial charge in [0, 0.05) is 42.7 Å². The zero-order valence-corrected chi connectivity index (χ0v) is 19.7. The van der Waals surface area contributed by atoms with E-state index in [1.807, 2.05) is 37.2 Å². The lowest BCUT2D eigenvalue weighted by atomic mass is 9.80. The number of carbonyl (C=O) groups excluding carboxylic acids is 1. The lowest BCUT2D eigenvalue weighted by Crippen LogP contribution is -2.42. The minimum Gasteiger partial charge on any atom is -0.355 e. The van der Waals surface area contributed by atoms with Crippen LogP contribution in [0.15, 0.2) is 42.9 Å². The molecule has 4 rings (SSSR count). The molecule has 0 unspecified atom stereocenters. The fraction of sp³-hybridized carbons (Fsp3) is 0.458. The van der Waals surface area contributed by atoms with Gasteiger partial charge in [-0.2, -0.15) is 18.3 Å². The number of carbonyl (C=O) groups is 1. The number of aromatic nitrogens is 3. The van der Waals surface area contributed by atoms with Gasteiger partial charge >= 0.3 is 6.18 Å². The molecule has 182 valence electrons. The molecule has 1 aliphatic carbocycles. The highest BCUT2D eigenvalue weighted by Gasteiger charge is 2.67. The van der Waals surface area contributed by atoms with E-state index < -0.39 is 23.4 Å². The van der Waals surface area contributed by atoms with Crippen molar-refractivity contribution in [1.29, 1.82) is 0 Å². The molecule has 0 spiro atoms. The van der Waals surface area contributed by atoms with E-state index in [1.165, 1.54) is 18.5 Å². The predicted octanol–water partition coefficient (Wildman–Crippen LogP) is 4.72. The van der Waals surface area contributed by atoms with Crippen molar-refractivity contribution in [3.63, 3.8) is 0 Å². The molecule has 2 aromatic heterocycles. The third-order valence-corrected chi connectivity index (χ3v) is 6.99. The number of benzene rings is 1. The van der Waals surface area contributed by atoms with Crippen molar-refractivity contribution in [2.45, 2.75) is 43.8 Å². The Hall–Kier alpha value is -2.65. The maximum Gasteiger partial charge on any atom is 0.395 e. The third kappa shape index (κ3) is 5.20. The number of hydrogen-bond acceptors (Lipinski definition) is 4. The molecule has 2 atom stereocenters. The van der Waals surface area contributed by atoms with Crippen LogP contribution in [-0.4, -0.2) is 58.8 Å². The van der Waals surface area contributed by atoms with E-state index in [2.05, 4.69) is 20.5 Å². The van der Waals surface area contributed by atoms with Crippen molar-refractivity contribution in [2.24, 2.45) is 5.41 Å². The normalized spacial score (nSPS) is 17.0. The summed E-state index contributed by atoms with van der Waals surface area (Å²) in [5, 5.41) is 11.1. The molecule has 0 bridgehead atoms. The molecule has 2 N–H and O–H groups in total. The van der Waals surface area contributed by atoms with Gasteiger partial charge in [-0.15, -0.1) is 0 Å². The van der Waals surface area contributed by atoms with Crippen molar-refractivity contribution < 1.29 is 18.0 Å². The van der Waals surface area contributed by atoms with E-state index >= 15 is 0 Å². The molecular weight excluding hydrogens is 467 g/mol. The fourth-order valence-electron chi connectivity index (χ4n) is 4.53. The SMILES string of the molecule is CN(C)[C@H](CNC(=O)C[C@H](c1cncc(Cl)c1)C1(C(F)(F)F)CC1)Cc1ccc2[nH]ncc2c1. The molecule has 1 aliphatic rings. The van der Waals surface area contributed by atoms with Crippen molar-refractivity contribution in [1.82, 2.24) is 25.4 Å². The van der Waals surface area contributed by atoms with Gasteiger partial charge in [0.05, 0.1) is 22.2 Å². The number of pyridine rings is 1. The minimum atomic E-state index is -4.40. The number of aromatic amines is 1. The largest absolute Gasteiger partial charge is 0.395 e. The molecule has 1 aromatic carbocycles. The Balaban J connectivity index is 1.45. The molecule has 0 saturated heterocycles. The van der Waals surface area contributed by atoms with Gasteiger partial charge in [0.1, 0.15) is 0 Å². The van der Waals surface area contributed by atoms with Crippen LogP contribution in [-0.2, 0) is 11.2 Å². The van der Waals surface area contributed by atoms with Gasteiger partial charge < -0.3 is 10.2 Å². The molecule has 2 heterocycles. The number of halogens is 4. The number of nitrogens with zero attached hydrogens (tertiary/aromatic N) is 3. The molecule has 1 saturated carbocycles. The number of amides is 1.